The fourth-order valence-corrected chi connectivity index (χ4v) is 2.20. The molecule has 0 aliphatic rings. The zero-order valence-corrected chi connectivity index (χ0v) is 14.0. The standard InChI is InChI=1S/C18H23N3O3/c1-3-18(19,4-2)12-20-16(22)13-7-5-8-14(11-13)21-17(23)15-9-6-10-24-15/h5-11H,3-4,12,19H2,1-2H3,(H,20,22)(H,21,23). The van der Waals surface area contributed by atoms with E-state index in [9.17, 15) is 9.59 Å². The zero-order chi connectivity index (χ0) is 17.6. The molecule has 24 heavy (non-hydrogen) atoms. The van der Waals surface area contributed by atoms with E-state index in [1.807, 2.05) is 13.8 Å². The minimum atomic E-state index is -0.402. The summed E-state index contributed by atoms with van der Waals surface area (Å²) in [4.78, 5) is 24.3. The molecule has 0 spiro atoms. The van der Waals surface area contributed by atoms with Crippen molar-refractivity contribution in [3.8, 4) is 0 Å². The average molecular weight is 329 g/mol. The van der Waals surface area contributed by atoms with Crippen LogP contribution in [-0.2, 0) is 0 Å². The van der Waals surface area contributed by atoms with Crippen LogP contribution in [0.1, 0.15) is 47.6 Å². The third-order valence-corrected chi connectivity index (χ3v) is 4.14. The van der Waals surface area contributed by atoms with E-state index in [4.69, 9.17) is 10.2 Å². The Labute approximate surface area is 141 Å². The Morgan fingerprint density at radius 2 is 1.88 bits per heavy atom. The van der Waals surface area contributed by atoms with E-state index in [1.54, 1.807) is 36.4 Å². The van der Waals surface area contributed by atoms with E-state index in [1.165, 1.54) is 6.26 Å². The molecule has 1 aromatic heterocycles. The van der Waals surface area contributed by atoms with Crippen LogP contribution in [0.3, 0.4) is 0 Å². The second-order valence-electron chi connectivity index (χ2n) is 5.76. The first kappa shape index (κ1) is 17.7. The van der Waals surface area contributed by atoms with Crippen molar-refractivity contribution in [1.82, 2.24) is 5.32 Å². The summed E-state index contributed by atoms with van der Waals surface area (Å²) in [6.07, 6.45) is 2.99. The first-order chi connectivity index (χ1) is 11.5. The van der Waals surface area contributed by atoms with Gasteiger partial charge >= 0.3 is 0 Å². The molecule has 0 unspecified atom stereocenters. The molecule has 6 heteroatoms. The number of nitrogens with two attached hydrogens (primary N) is 1. The maximum atomic E-state index is 12.3. The van der Waals surface area contributed by atoms with Gasteiger partial charge in [-0.25, -0.2) is 0 Å². The molecule has 0 aliphatic carbocycles. The minimum absolute atomic E-state index is 0.212. The SMILES string of the molecule is CCC(N)(CC)CNC(=O)c1cccc(NC(=O)c2ccco2)c1. The molecule has 1 aromatic carbocycles. The summed E-state index contributed by atoms with van der Waals surface area (Å²) in [5.41, 5.74) is 6.77. The molecule has 0 bridgehead atoms. The van der Waals surface area contributed by atoms with Crippen LogP contribution >= 0.6 is 0 Å². The van der Waals surface area contributed by atoms with Crippen LogP contribution < -0.4 is 16.4 Å². The number of anilines is 1. The third-order valence-electron chi connectivity index (χ3n) is 4.14. The molecular formula is C18H23N3O3. The van der Waals surface area contributed by atoms with Crippen molar-refractivity contribution in [1.29, 1.82) is 0 Å². The van der Waals surface area contributed by atoms with Crippen LogP contribution in [0.4, 0.5) is 5.69 Å². The molecule has 128 valence electrons. The molecule has 2 aromatic rings. The summed E-state index contributed by atoms with van der Waals surface area (Å²) in [5, 5.41) is 5.55. The lowest BCUT2D eigenvalue weighted by atomic mass is 9.94. The highest BCUT2D eigenvalue weighted by Gasteiger charge is 2.21. The van der Waals surface area contributed by atoms with Gasteiger partial charge in [0.25, 0.3) is 11.8 Å². The number of carbonyl (C=O) groups excluding carboxylic acids is 2. The Hall–Kier alpha value is -2.60. The number of rotatable bonds is 7. The number of furan rings is 1. The predicted molar refractivity (Wildman–Crippen MR) is 92.9 cm³/mol. The molecule has 0 saturated carbocycles. The molecule has 6 nitrogen and oxygen atoms in total. The normalized spacial score (nSPS) is 11.1. The summed E-state index contributed by atoms with van der Waals surface area (Å²) in [5.74, 6) is -0.375. The van der Waals surface area contributed by atoms with Gasteiger partial charge in [0.05, 0.1) is 6.26 Å². The predicted octanol–water partition coefficient (Wildman–Crippen LogP) is 2.78. The zero-order valence-electron chi connectivity index (χ0n) is 14.0. The lowest BCUT2D eigenvalue weighted by Crippen LogP contribution is -2.49. The van der Waals surface area contributed by atoms with Crippen LogP contribution in [-0.4, -0.2) is 23.9 Å². The van der Waals surface area contributed by atoms with Gasteiger partial charge in [-0.15, -0.1) is 0 Å². The maximum Gasteiger partial charge on any atom is 0.291 e. The molecule has 0 atom stereocenters. The highest BCUT2D eigenvalue weighted by Crippen LogP contribution is 2.14. The lowest BCUT2D eigenvalue weighted by molar-refractivity contribution is 0.0940. The molecule has 2 rings (SSSR count). The summed E-state index contributed by atoms with van der Waals surface area (Å²) < 4.78 is 5.04. The molecule has 0 saturated heterocycles. The van der Waals surface area contributed by atoms with Gasteiger partial charge in [-0.1, -0.05) is 19.9 Å². The van der Waals surface area contributed by atoms with Gasteiger partial charge in [-0.05, 0) is 43.2 Å². The first-order valence-corrected chi connectivity index (χ1v) is 7.99. The quantitative estimate of drug-likeness (QED) is 0.727. The summed E-state index contributed by atoms with van der Waals surface area (Å²) in [7, 11) is 0. The van der Waals surface area contributed by atoms with Crippen molar-refractivity contribution in [2.45, 2.75) is 32.2 Å². The monoisotopic (exact) mass is 329 g/mol. The van der Waals surface area contributed by atoms with Gasteiger partial charge in [-0.2, -0.15) is 0 Å². The smallest absolute Gasteiger partial charge is 0.291 e. The Morgan fingerprint density at radius 1 is 1.12 bits per heavy atom. The van der Waals surface area contributed by atoms with Gasteiger partial charge < -0.3 is 20.8 Å². The number of carbonyl (C=O) groups is 2. The van der Waals surface area contributed by atoms with E-state index in [0.29, 0.717) is 17.8 Å². The third kappa shape index (κ3) is 4.45. The maximum absolute atomic E-state index is 12.3. The van der Waals surface area contributed by atoms with Crippen molar-refractivity contribution in [2.75, 3.05) is 11.9 Å². The minimum Gasteiger partial charge on any atom is -0.459 e. The van der Waals surface area contributed by atoms with Gasteiger partial charge in [0.1, 0.15) is 0 Å². The topological polar surface area (TPSA) is 97.4 Å². The fourth-order valence-electron chi connectivity index (χ4n) is 2.20. The second-order valence-corrected chi connectivity index (χ2v) is 5.76. The second kappa shape index (κ2) is 7.79. The van der Waals surface area contributed by atoms with Crippen molar-refractivity contribution in [2.24, 2.45) is 5.73 Å². The molecule has 0 radical (unpaired) electrons. The van der Waals surface area contributed by atoms with Crippen LogP contribution in [0, 0.1) is 0 Å². The molecular weight excluding hydrogens is 306 g/mol. The van der Waals surface area contributed by atoms with Crippen LogP contribution in [0.2, 0.25) is 0 Å². The van der Waals surface area contributed by atoms with Gasteiger partial charge in [0, 0.05) is 23.3 Å². The van der Waals surface area contributed by atoms with E-state index < -0.39 is 5.54 Å². The average Bonchev–Trinajstić information content (AvgIpc) is 3.14. The Morgan fingerprint density at radius 3 is 2.50 bits per heavy atom. The summed E-state index contributed by atoms with van der Waals surface area (Å²) >= 11 is 0. The Bertz CT molecular complexity index is 691. The van der Waals surface area contributed by atoms with Crippen LogP contribution in [0.25, 0.3) is 0 Å². The summed E-state index contributed by atoms with van der Waals surface area (Å²) in [6.45, 7) is 4.41. The van der Waals surface area contributed by atoms with Gasteiger partial charge in [-0.3, -0.25) is 9.59 Å². The first-order valence-electron chi connectivity index (χ1n) is 7.99. The largest absolute Gasteiger partial charge is 0.459 e. The van der Waals surface area contributed by atoms with Crippen LogP contribution in [0.5, 0.6) is 0 Å². The number of amides is 2. The van der Waals surface area contributed by atoms with Crippen molar-refractivity contribution >= 4 is 17.5 Å². The van der Waals surface area contributed by atoms with E-state index in [2.05, 4.69) is 10.6 Å². The fraction of sp³-hybridized carbons (Fsp3) is 0.333. The van der Waals surface area contributed by atoms with Crippen LogP contribution in [0.15, 0.2) is 47.1 Å². The van der Waals surface area contributed by atoms with Gasteiger partial charge in [0.15, 0.2) is 5.76 Å². The molecule has 0 aliphatic heterocycles. The highest BCUT2D eigenvalue weighted by atomic mass is 16.3. The lowest BCUT2D eigenvalue weighted by Gasteiger charge is -2.26. The Kier molecular flexibility index (Phi) is 5.76. The molecule has 1 heterocycles. The van der Waals surface area contributed by atoms with Gasteiger partial charge in [0.2, 0.25) is 0 Å². The van der Waals surface area contributed by atoms with Crippen molar-refractivity contribution in [3.05, 3.63) is 54.0 Å². The number of nitrogens with one attached hydrogen (secondary N) is 2. The van der Waals surface area contributed by atoms with E-state index in [-0.39, 0.29) is 17.6 Å². The summed E-state index contributed by atoms with van der Waals surface area (Å²) in [6, 6.07) is 9.94. The highest BCUT2D eigenvalue weighted by molar-refractivity contribution is 6.03. The number of benzene rings is 1. The number of hydrogen-bond acceptors (Lipinski definition) is 4. The van der Waals surface area contributed by atoms with E-state index in [0.717, 1.165) is 12.8 Å². The van der Waals surface area contributed by atoms with E-state index >= 15 is 0 Å². The van der Waals surface area contributed by atoms with Crippen molar-refractivity contribution < 1.29 is 14.0 Å². The Balaban J connectivity index is 2.01. The molecule has 0 fully saturated rings. The van der Waals surface area contributed by atoms with Crippen molar-refractivity contribution in [3.63, 3.8) is 0 Å². The molecule has 2 amide bonds. The molecule has 4 N–H and O–H groups in total. The number of hydrogen-bond donors (Lipinski definition) is 3.